The second kappa shape index (κ2) is 9.87. The number of rotatable bonds is 7. The monoisotopic (exact) mass is 424 g/mol. The first-order valence-corrected chi connectivity index (χ1v) is 10.9. The fourth-order valence-corrected chi connectivity index (χ4v) is 4.18. The Labute approximate surface area is 181 Å². The summed E-state index contributed by atoms with van der Waals surface area (Å²) in [6.45, 7) is 2.33. The molecule has 0 aliphatic carbocycles. The number of piperidine rings is 1. The van der Waals surface area contributed by atoms with E-state index in [1.165, 1.54) is 0 Å². The molecule has 3 heterocycles. The number of amides is 2. The summed E-state index contributed by atoms with van der Waals surface area (Å²) in [5, 5.41) is 7.38. The zero-order valence-electron chi connectivity index (χ0n) is 17.5. The molecule has 2 aliphatic heterocycles. The minimum Gasteiger partial charge on any atom is -0.381 e. The summed E-state index contributed by atoms with van der Waals surface area (Å²) >= 11 is 0. The molecule has 0 saturated carbocycles. The number of likely N-dealkylation sites (tertiary alicyclic amines) is 1. The predicted octanol–water partition coefficient (Wildman–Crippen LogP) is 2.68. The molecule has 2 amide bonds. The average Bonchev–Trinajstić information content (AvgIpc) is 3.50. The highest BCUT2D eigenvalue weighted by Gasteiger charge is 2.28. The van der Waals surface area contributed by atoms with E-state index in [1.54, 1.807) is 24.4 Å². The molecular weight excluding hydrogens is 396 g/mol. The second-order valence-corrected chi connectivity index (χ2v) is 8.11. The van der Waals surface area contributed by atoms with Crippen molar-refractivity contribution in [1.29, 1.82) is 0 Å². The Morgan fingerprint density at radius 1 is 1.03 bits per heavy atom. The summed E-state index contributed by atoms with van der Waals surface area (Å²) in [4.78, 5) is 39.0. The van der Waals surface area contributed by atoms with Crippen LogP contribution in [-0.2, 0) is 14.3 Å². The van der Waals surface area contributed by atoms with E-state index >= 15 is 0 Å². The number of Topliss-reactive ketones (excluding diaryl/α,β-unsaturated/α-hetero) is 1. The van der Waals surface area contributed by atoms with Crippen molar-refractivity contribution in [3.63, 3.8) is 0 Å². The summed E-state index contributed by atoms with van der Waals surface area (Å²) in [7, 11) is 0. The van der Waals surface area contributed by atoms with E-state index in [-0.39, 0.29) is 42.4 Å². The lowest BCUT2D eigenvalue weighted by Crippen LogP contribution is -2.39. The number of anilines is 1. The van der Waals surface area contributed by atoms with E-state index in [4.69, 9.17) is 4.74 Å². The van der Waals surface area contributed by atoms with Gasteiger partial charge in [0.25, 0.3) is 0 Å². The minimum absolute atomic E-state index is 0.00609. The van der Waals surface area contributed by atoms with Crippen molar-refractivity contribution in [2.45, 2.75) is 38.1 Å². The van der Waals surface area contributed by atoms with Crippen LogP contribution in [0, 0.1) is 5.92 Å². The lowest BCUT2D eigenvalue weighted by molar-refractivity contribution is -0.132. The van der Waals surface area contributed by atoms with Gasteiger partial charge in [0.15, 0.2) is 5.78 Å². The molecule has 2 aliphatic rings. The highest BCUT2D eigenvalue weighted by molar-refractivity contribution is 5.97. The molecule has 1 aromatic carbocycles. The largest absolute Gasteiger partial charge is 0.381 e. The van der Waals surface area contributed by atoms with Gasteiger partial charge in [-0.3, -0.25) is 14.4 Å². The quantitative estimate of drug-likeness (QED) is 0.690. The number of aromatic nitrogens is 2. The molecule has 0 bridgehead atoms. The Balaban J connectivity index is 1.26. The number of hydrogen-bond acceptors (Lipinski definition) is 5. The Morgan fingerprint density at radius 3 is 2.52 bits per heavy atom. The van der Waals surface area contributed by atoms with E-state index in [1.807, 2.05) is 27.8 Å². The van der Waals surface area contributed by atoms with Crippen LogP contribution in [0.3, 0.4) is 0 Å². The van der Waals surface area contributed by atoms with Crippen LogP contribution in [0.25, 0.3) is 0 Å². The molecular formula is C23H28N4O4. The maximum Gasteiger partial charge on any atom is 0.231 e. The summed E-state index contributed by atoms with van der Waals surface area (Å²) in [6.07, 6.45) is 4.40. The van der Waals surface area contributed by atoms with Crippen LogP contribution in [0.4, 0.5) is 5.82 Å². The van der Waals surface area contributed by atoms with Gasteiger partial charge in [0.05, 0.1) is 24.8 Å². The van der Waals surface area contributed by atoms with Crippen LogP contribution in [0.2, 0.25) is 0 Å². The molecule has 1 aromatic heterocycles. The molecule has 1 N–H and O–H groups in total. The van der Waals surface area contributed by atoms with Gasteiger partial charge < -0.3 is 15.0 Å². The van der Waals surface area contributed by atoms with Crippen molar-refractivity contribution in [2.24, 2.45) is 5.92 Å². The first-order chi connectivity index (χ1) is 15.1. The van der Waals surface area contributed by atoms with Gasteiger partial charge in [-0.25, -0.2) is 4.68 Å². The van der Waals surface area contributed by atoms with Crippen molar-refractivity contribution < 1.29 is 19.1 Å². The molecule has 2 fully saturated rings. The van der Waals surface area contributed by atoms with Crippen LogP contribution in [0.1, 0.15) is 48.5 Å². The van der Waals surface area contributed by atoms with Crippen molar-refractivity contribution in [3.8, 4) is 0 Å². The molecule has 2 saturated heterocycles. The number of ketones is 1. The lowest BCUT2D eigenvalue weighted by Gasteiger charge is -2.33. The zero-order valence-corrected chi connectivity index (χ0v) is 17.5. The number of benzene rings is 1. The molecule has 0 spiro atoms. The maximum atomic E-state index is 12.6. The average molecular weight is 425 g/mol. The van der Waals surface area contributed by atoms with Crippen molar-refractivity contribution in [3.05, 3.63) is 48.2 Å². The van der Waals surface area contributed by atoms with Crippen LogP contribution in [0.15, 0.2) is 42.6 Å². The van der Waals surface area contributed by atoms with E-state index in [0.29, 0.717) is 37.7 Å². The van der Waals surface area contributed by atoms with Gasteiger partial charge in [0.1, 0.15) is 5.82 Å². The first-order valence-electron chi connectivity index (χ1n) is 10.9. The second-order valence-electron chi connectivity index (χ2n) is 8.11. The van der Waals surface area contributed by atoms with Crippen LogP contribution >= 0.6 is 0 Å². The predicted molar refractivity (Wildman–Crippen MR) is 115 cm³/mol. The van der Waals surface area contributed by atoms with Crippen LogP contribution < -0.4 is 5.32 Å². The minimum atomic E-state index is -0.110. The Morgan fingerprint density at radius 2 is 1.81 bits per heavy atom. The molecule has 4 rings (SSSR count). The fourth-order valence-electron chi connectivity index (χ4n) is 4.18. The number of hydrogen-bond donors (Lipinski definition) is 1. The molecule has 8 nitrogen and oxygen atoms in total. The molecule has 31 heavy (non-hydrogen) atoms. The molecule has 8 heteroatoms. The number of carbonyl (C=O) groups is 3. The highest BCUT2D eigenvalue weighted by atomic mass is 16.5. The van der Waals surface area contributed by atoms with Crippen molar-refractivity contribution in [1.82, 2.24) is 14.7 Å². The molecule has 164 valence electrons. The Kier molecular flexibility index (Phi) is 6.76. The van der Waals surface area contributed by atoms with Gasteiger partial charge in [-0.2, -0.15) is 5.10 Å². The van der Waals surface area contributed by atoms with Crippen LogP contribution in [-0.4, -0.2) is 58.6 Å². The summed E-state index contributed by atoms with van der Waals surface area (Å²) < 4.78 is 7.15. The highest BCUT2D eigenvalue weighted by Crippen LogP contribution is 2.26. The first kappa shape index (κ1) is 21.2. The third kappa shape index (κ3) is 5.19. The van der Waals surface area contributed by atoms with Crippen molar-refractivity contribution >= 4 is 23.4 Å². The molecule has 1 atom stereocenters. The normalized spacial score (nSPS) is 19.4. The summed E-state index contributed by atoms with van der Waals surface area (Å²) in [5.41, 5.74) is 0.645. The number of carbonyl (C=O) groups excluding carboxylic acids is 3. The van der Waals surface area contributed by atoms with Gasteiger partial charge in [0.2, 0.25) is 11.8 Å². The standard InChI is InChI=1S/C23H28N4O4/c28-20(17-4-2-1-3-5-17)6-7-22(29)26-13-9-19(10-14-26)27-21(8-12-24-27)25-23(30)18-11-15-31-16-18/h1-5,8,12,18-19H,6-7,9-11,13-16H2,(H,25,30)/t18-/m0/s1. The van der Waals surface area contributed by atoms with Gasteiger partial charge in [-0.1, -0.05) is 30.3 Å². The third-order valence-corrected chi connectivity index (χ3v) is 6.05. The Hall–Kier alpha value is -3.00. The lowest BCUT2D eigenvalue weighted by atomic mass is 10.0. The van der Waals surface area contributed by atoms with Gasteiger partial charge in [-0.15, -0.1) is 0 Å². The number of nitrogens with zero attached hydrogens (tertiary/aromatic N) is 3. The van der Waals surface area contributed by atoms with E-state index < -0.39 is 0 Å². The molecule has 2 aromatic rings. The number of nitrogens with one attached hydrogen (secondary N) is 1. The van der Waals surface area contributed by atoms with E-state index in [0.717, 1.165) is 19.3 Å². The number of ether oxygens (including phenoxy) is 1. The molecule has 0 radical (unpaired) electrons. The fraction of sp³-hybridized carbons (Fsp3) is 0.478. The third-order valence-electron chi connectivity index (χ3n) is 6.05. The summed E-state index contributed by atoms with van der Waals surface area (Å²) in [6, 6.07) is 11.0. The van der Waals surface area contributed by atoms with Crippen molar-refractivity contribution in [2.75, 3.05) is 31.6 Å². The van der Waals surface area contributed by atoms with Gasteiger partial charge >= 0.3 is 0 Å². The Bertz CT molecular complexity index is 913. The zero-order chi connectivity index (χ0) is 21.6. The van der Waals surface area contributed by atoms with Crippen LogP contribution in [0.5, 0.6) is 0 Å². The van der Waals surface area contributed by atoms with Gasteiger partial charge in [0, 0.05) is 44.2 Å². The topological polar surface area (TPSA) is 93.5 Å². The maximum absolute atomic E-state index is 12.6. The van der Waals surface area contributed by atoms with Gasteiger partial charge in [-0.05, 0) is 19.3 Å². The van der Waals surface area contributed by atoms with E-state index in [2.05, 4.69) is 10.4 Å². The molecule has 0 unspecified atom stereocenters. The smallest absolute Gasteiger partial charge is 0.231 e. The summed E-state index contributed by atoms with van der Waals surface area (Å²) in [5.74, 6) is 0.554. The SMILES string of the molecule is O=C(CCC(=O)N1CCC(n2nccc2NC(=O)[C@H]2CCOC2)CC1)c1ccccc1. The van der Waals surface area contributed by atoms with E-state index in [9.17, 15) is 14.4 Å².